The summed E-state index contributed by atoms with van der Waals surface area (Å²) in [5.41, 5.74) is 4.47. The molecule has 0 bridgehead atoms. The number of aromatic nitrogens is 4. The van der Waals surface area contributed by atoms with Gasteiger partial charge in [-0.05, 0) is 67.4 Å². The first-order valence-electron chi connectivity index (χ1n) is 9.63. The molecule has 2 heterocycles. The Hall–Kier alpha value is -3.52. The molecule has 4 aromatic rings. The second-order valence-corrected chi connectivity index (χ2v) is 7.88. The van der Waals surface area contributed by atoms with Gasteiger partial charge in [0, 0.05) is 29.3 Å². The van der Waals surface area contributed by atoms with E-state index in [1.807, 2.05) is 48.7 Å². The first-order chi connectivity index (χ1) is 15.0. The Morgan fingerprint density at radius 2 is 1.77 bits per heavy atom. The van der Waals surface area contributed by atoms with Gasteiger partial charge in [0.2, 0.25) is 5.91 Å². The molecule has 0 atom stereocenters. The number of nitrogens with zero attached hydrogens (tertiary/aromatic N) is 4. The van der Waals surface area contributed by atoms with Crippen LogP contribution >= 0.6 is 11.8 Å². The number of pyridine rings is 1. The fourth-order valence-electron chi connectivity index (χ4n) is 3.08. The zero-order valence-electron chi connectivity index (χ0n) is 17.0. The van der Waals surface area contributed by atoms with Crippen LogP contribution in [0.4, 0.5) is 10.1 Å². The topological polar surface area (TPSA) is 72.7 Å². The molecule has 8 heteroatoms. The van der Waals surface area contributed by atoms with E-state index in [9.17, 15) is 9.18 Å². The van der Waals surface area contributed by atoms with Crippen LogP contribution in [0.2, 0.25) is 0 Å². The second kappa shape index (κ2) is 9.09. The summed E-state index contributed by atoms with van der Waals surface area (Å²) < 4.78 is 15.3. The smallest absolute Gasteiger partial charge is 0.234 e. The summed E-state index contributed by atoms with van der Waals surface area (Å²) in [6.45, 7) is 3.98. The summed E-state index contributed by atoms with van der Waals surface area (Å²) in [7, 11) is 0. The van der Waals surface area contributed by atoms with E-state index in [-0.39, 0.29) is 17.5 Å². The van der Waals surface area contributed by atoms with Crippen molar-refractivity contribution in [1.29, 1.82) is 0 Å². The molecule has 0 fully saturated rings. The number of aryl methyl sites for hydroxylation is 1. The summed E-state index contributed by atoms with van der Waals surface area (Å²) in [4.78, 5) is 16.6. The van der Waals surface area contributed by atoms with E-state index < -0.39 is 0 Å². The molecule has 1 amide bonds. The molecule has 0 aliphatic carbocycles. The van der Waals surface area contributed by atoms with Gasteiger partial charge in [-0.2, -0.15) is 0 Å². The number of benzene rings is 2. The number of amides is 1. The maximum absolute atomic E-state index is 13.5. The van der Waals surface area contributed by atoms with Gasteiger partial charge < -0.3 is 5.32 Å². The molecule has 6 nitrogen and oxygen atoms in total. The van der Waals surface area contributed by atoms with Crippen LogP contribution in [0.1, 0.15) is 11.1 Å². The maximum Gasteiger partial charge on any atom is 0.234 e. The van der Waals surface area contributed by atoms with Crippen LogP contribution in [0.5, 0.6) is 0 Å². The lowest BCUT2D eigenvalue weighted by molar-refractivity contribution is -0.113. The van der Waals surface area contributed by atoms with Crippen LogP contribution < -0.4 is 5.32 Å². The minimum Gasteiger partial charge on any atom is -0.325 e. The first kappa shape index (κ1) is 20.7. The van der Waals surface area contributed by atoms with Crippen LogP contribution in [0.25, 0.3) is 17.1 Å². The minimum atomic E-state index is -0.329. The molecule has 2 aromatic heterocycles. The average molecular weight is 434 g/mol. The van der Waals surface area contributed by atoms with E-state index in [4.69, 9.17) is 0 Å². The van der Waals surface area contributed by atoms with E-state index >= 15 is 0 Å². The van der Waals surface area contributed by atoms with Crippen molar-refractivity contribution >= 4 is 23.4 Å². The van der Waals surface area contributed by atoms with Gasteiger partial charge in [-0.25, -0.2) is 4.39 Å². The SMILES string of the molecule is Cc1cccc(NC(=O)CSc2nnc(-c3ccncc3)n2-c2ccc(F)cc2)c1C. The molecular weight excluding hydrogens is 413 g/mol. The fraction of sp³-hybridized carbons (Fsp3) is 0.130. The molecule has 0 saturated heterocycles. The number of hydrogen-bond donors (Lipinski definition) is 1. The molecule has 0 aliphatic heterocycles. The second-order valence-electron chi connectivity index (χ2n) is 6.94. The lowest BCUT2D eigenvalue weighted by atomic mass is 10.1. The standard InChI is InChI=1S/C23H20FN5OS/c1-15-4-3-5-20(16(15)2)26-21(30)14-31-23-28-27-22(17-10-12-25-13-11-17)29(23)19-8-6-18(24)7-9-19/h3-13H,14H2,1-2H3,(H,26,30). The predicted octanol–water partition coefficient (Wildman–Crippen LogP) is 4.82. The van der Waals surface area contributed by atoms with Crippen LogP contribution in [0.15, 0.2) is 72.1 Å². The Labute approximate surface area is 183 Å². The fourth-order valence-corrected chi connectivity index (χ4v) is 3.83. The van der Waals surface area contributed by atoms with Gasteiger partial charge in [0.1, 0.15) is 5.82 Å². The number of halogens is 1. The van der Waals surface area contributed by atoms with Crippen LogP contribution in [0, 0.1) is 19.7 Å². The van der Waals surface area contributed by atoms with Gasteiger partial charge in [-0.3, -0.25) is 14.3 Å². The quantitative estimate of drug-likeness (QED) is 0.442. The molecule has 156 valence electrons. The van der Waals surface area contributed by atoms with Crippen molar-refractivity contribution in [2.75, 3.05) is 11.1 Å². The molecule has 0 unspecified atom stereocenters. The zero-order valence-corrected chi connectivity index (χ0v) is 17.9. The van der Waals surface area contributed by atoms with Crippen LogP contribution in [0.3, 0.4) is 0 Å². The van der Waals surface area contributed by atoms with Gasteiger partial charge >= 0.3 is 0 Å². The first-order valence-corrected chi connectivity index (χ1v) is 10.6. The van der Waals surface area contributed by atoms with Crippen molar-refractivity contribution in [2.45, 2.75) is 19.0 Å². The molecule has 0 spiro atoms. The van der Waals surface area contributed by atoms with Crippen molar-refractivity contribution in [2.24, 2.45) is 0 Å². The normalized spacial score (nSPS) is 10.8. The summed E-state index contributed by atoms with van der Waals surface area (Å²) in [5.74, 6) is 0.275. The number of thioether (sulfide) groups is 1. The van der Waals surface area contributed by atoms with Gasteiger partial charge in [-0.15, -0.1) is 10.2 Å². The van der Waals surface area contributed by atoms with Gasteiger partial charge in [0.25, 0.3) is 0 Å². The number of nitrogens with one attached hydrogen (secondary N) is 1. The Kier molecular flexibility index (Phi) is 6.08. The summed E-state index contributed by atoms with van der Waals surface area (Å²) in [6, 6.07) is 15.5. The van der Waals surface area contributed by atoms with Crippen molar-refractivity contribution < 1.29 is 9.18 Å². The van der Waals surface area contributed by atoms with Gasteiger partial charge in [-0.1, -0.05) is 23.9 Å². The molecule has 1 N–H and O–H groups in total. The molecule has 31 heavy (non-hydrogen) atoms. The van der Waals surface area contributed by atoms with Crippen molar-refractivity contribution in [1.82, 2.24) is 19.7 Å². The zero-order chi connectivity index (χ0) is 21.8. The Morgan fingerprint density at radius 1 is 1.03 bits per heavy atom. The molecule has 4 rings (SSSR count). The van der Waals surface area contributed by atoms with Crippen LogP contribution in [-0.2, 0) is 4.79 Å². The maximum atomic E-state index is 13.5. The summed E-state index contributed by atoms with van der Waals surface area (Å²) >= 11 is 1.27. The van der Waals surface area contributed by atoms with Crippen molar-refractivity contribution in [3.05, 3.63) is 83.9 Å². The summed E-state index contributed by atoms with van der Waals surface area (Å²) in [6.07, 6.45) is 3.34. The van der Waals surface area contributed by atoms with Gasteiger partial charge in [0.15, 0.2) is 11.0 Å². The van der Waals surface area contributed by atoms with E-state index in [1.165, 1.54) is 23.9 Å². The number of carbonyl (C=O) groups excluding carboxylic acids is 1. The van der Waals surface area contributed by atoms with E-state index in [2.05, 4.69) is 20.5 Å². The number of carbonyl (C=O) groups is 1. The molecule has 0 aliphatic rings. The van der Waals surface area contributed by atoms with Crippen LogP contribution in [-0.4, -0.2) is 31.4 Å². The predicted molar refractivity (Wildman–Crippen MR) is 120 cm³/mol. The highest BCUT2D eigenvalue weighted by Gasteiger charge is 2.17. The minimum absolute atomic E-state index is 0.141. The Morgan fingerprint density at radius 3 is 2.52 bits per heavy atom. The monoisotopic (exact) mass is 433 g/mol. The molecule has 2 aromatic carbocycles. The number of hydrogen-bond acceptors (Lipinski definition) is 5. The Bertz CT molecular complexity index is 1210. The molecular formula is C23H20FN5OS. The highest BCUT2D eigenvalue weighted by molar-refractivity contribution is 7.99. The number of anilines is 1. The third-order valence-corrected chi connectivity index (χ3v) is 5.80. The summed E-state index contributed by atoms with van der Waals surface area (Å²) in [5, 5.41) is 12.1. The third kappa shape index (κ3) is 4.64. The van der Waals surface area contributed by atoms with E-state index in [1.54, 1.807) is 24.5 Å². The van der Waals surface area contributed by atoms with E-state index in [0.29, 0.717) is 16.7 Å². The average Bonchev–Trinajstić information content (AvgIpc) is 3.21. The lowest BCUT2D eigenvalue weighted by Gasteiger charge is -2.12. The lowest BCUT2D eigenvalue weighted by Crippen LogP contribution is -2.15. The molecule has 0 saturated carbocycles. The van der Waals surface area contributed by atoms with E-state index in [0.717, 1.165) is 22.4 Å². The van der Waals surface area contributed by atoms with Crippen molar-refractivity contribution in [3.8, 4) is 17.1 Å². The highest BCUT2D eigenvalue weighted by atomic mass is 32.2. The Balaban J connectivity index is 1.59. The third-order valence-electron chi connectivity index (χ3n) is 4.87. The van der Waals surface area contributed by atoms with Gasteiger partial charge in [0.05, 0.1) is 5.75 Å². The highest BCUT2D eigenvalue weighted by Crippen LogP contribution is 2.28. The molecule has 0 radical (unpaired) electrons. The number of rotatable bonds is 6. The largest absolute Gasteiger partial charge is 0.325 e. The van der Waals surface area contributed by atoms with Crippen molar-refractivity contribution in [3.63, 3.8) is 0 Å².